The summed E-state index contributed by atoms with van der Waals surface area (Å²) >= 11 is 0. The second-order valence-electron chi connectivity index (χ2n) is 12.9. The van der Waals surface area contributed by atoms with Crippen molar-refractivity contribution in [3.05, 3.63) is 36.8 Å². The van der Waals surface area contributed by atoms with Crippen LogP contribution in [0.2, 0.25) is 0 Å². The third-order valence-corrected chi connectivity index (χ3v) is 9.23. The maximum Gasteiger partial charge on any atom is 0.104 e. The van der Waals surface area contributed by atoms with Gasteiger partial charge in [-0.05, 0) is 56.8 Å². The number of allylic oxidation sites excluding steroid dienone is 3. The molecular weight excluding hydrogens is 550 g/mol. The molecule has 0 aliphatic carbocycles. The van der Waals surface area contributed by atoms with E-state index >= 15 is 0 Å². The van der Waals surface area contributed by atoms with Gasteiger partial charge in [0.15, 0.2) is 0 Å². The van der Waals surface area contributed by atoms with E-state index < -0.39 is 10.1 Å². The van der Waals surface area contributed by atoms with E-state index in [-0.39, 0.29) is 12.3 Å². The molecule has 0 aliphatic rings. The Morgan fingerprint density at radius 3 is 0.953 bits per heavy atom. The fourth-order valence-corrected chi connectivity index (χ4v) is 6.18. The standard InChI is InChI=1S/C38H73NO3S/c1-4-7-10-13-16-19-22-25-28-31-34-39(37-38-43(40,41)42,35-32-29-26-23-20-17-14-11-8-5-2)36-33-30-27-24-21-18-15-12-9-6-3/h31-36H,4-30,37-38H2,1-3H3/b34-31+,35-32+,36-33+. The lowest BCUT2D eigenvalue weighted by Crippen LogP contribution is -2.35. The lowest BCUT2D eigenvalue weighted by molar-refractivity contribution is -0.770. The molecule has 0 amide bonds. The predicted octanol–water partition coefficient (Wildman–Crippen LogP) is 12.5. The van der Waals surface area contributed by atoms with E-state index in [4.69, 9.17) is 0 Å². The van der Waals surface area contributed by atoms with Gasteiger partial charge in [0.2, 0.25) is 0 Å². The number of quaternary nitrogens is 1. The van der Waals surface area contributed by atoms with Crippen LogP contribution in [0.1, 0.15) is 194 Å². The largest absolute Gasteiger partial charge is 0.748 e. The first-order valence-corrected chi connectivity index (χ1v) is 20.3. The maximum absolute atomic E-state index is 11.7. The van der Waals surface area contributed by atoms with Crippen LogP contribution in [0, 0.1) is 0 Å². The molecule has 0 spiro atoms. The summed E-state index contributed by atoms with van der Waals surface area (Å²) in [7, 11) is -4.28. The van der Waals surface area contributed by atoms with Gasteiger partial charge in [-0.3, -0.25) is 0 Å². The topological polar surface area (TPSA) is 57.2 Å². The fourth-order valence-electron chi connectivity index (χ4n) is 5.64. The maximum atomic E-state index is 11.7. The van der Waals surface area contributed by atoms with E-state index in [0.29, 0.717) is 4.48 Å². The highest BCUT2D eigenvalue weighted by molar-refractivity contribution is 7.85. The van der Waals surface area contributed by atoms with Crippen molar-refractivity contribution in [2.24, 2.45) is 0 Å². The van der Waals surface area contributed by atoms with Gasteiger partial charge in [0.25, 0.3) is 0 Å². The summed E-state index contributed by atoms with van der Waals surface area (Å²) in [5, 5.41) is 0. The van der Waals surface area contributed by atoms with Crippen molar-refractivity contribution in [1.29, 1.82) is 0 Å². The van der Waals surface area contributed by atoms with E-state index in [9.17, 15) is 13.0 Å². The number of hydrogen-bond donors (Lipinski definition) is 0. The summed E-state index contributed by atoms with van der Waals surface area (Å²) in [5.74, 6) is -0.348. The average molecular weight is 624 g/mol. The molecule has 0 saturated carbocycles. The highest BCUT2D eigenvalue weighted by Crippen LogP contribution is 2.18. The minimum atomic E-state index is -4.28. The Morgan fingerprint density at radius 1 is 0.442 bits per heavy atom. The van der Waals surface area contributed by atoms with Gasteiger partial charge in [0.1, 0.15) is 35.3 Å². The quantitative estimate of drug-likeness (QED) is 0.0415. The third-order valence-electron chi connectivity index (χ3n) is 8.55. The molecule has 43 heavy (non-hydrogen) atoms. The van der Waals surface area contributed by atoms with Crippen LogP contribution >= 0.6 is 0 Å². The molecule has 0 fully saturated rings. The first-order chi connectivity index (χ1) is 20.9. The van der Waals surface area contributed by atoms with Gasteiger partial charge in [-0.25, -0.2) is 12.9 Å². The van der Waals surface area contributed by atoms with Crippen LogP contribution in [0.5, 0.6) is 0 Å². The van der Waals surface area contributed by atoms with E-state index in [2.05, 4.69) is 57.6 Å². The Balaban J connectivity index is 5.08. The Labute approximate surface area is 270 Å². The minimum absolute atomic E-state index is 0.265. The summed E-state index contributed by atoms with van der Waals surface area (Å²) in [6.45, 7) is 7.04. The molecule has 0 bridgehead atoms. The van der Waals surface area contributed by atoms with Crippen LogP contribution in [0.15, 0.2) is 36.8 Å². The monoisotopic (exact) mass is 624 g/mol. The zero-order chi connectivity index (χ0) is 31.7. The van der Waals surface area contributed by atoms with Gasteiger partial charge in [0, 0.05) is 0 Å². The van der Waals surface area contributed by atoms with Crippen LogP contribution in [-0.4, -0.2) is 29.8 Å². The molecule has 0 aromatic heterocycles. The first kappa shape index (κ1) is 42.1. The summed E-state index contributed by atoms with van der Waals surface area (Å²) < 4.78 is 35.3. The van der Waals surface area contributed by atoms with Crippen molar-refractivity contribution in [3.63, 3.8) is 0 Å². The van der Waals surface area contributed by atoms with Crippen LogP contribution < -0.4 is 0 Å². The number of nitrogens with zero attached hydrogens (tertiary/aromatic N) is 1. The van der Waals surface area contributed by atoms with Gasteiger partial charge >= 0.3 is 0 Å². The molecule has 0 heterocycles. The van der Waals surface area contributed by atoms with Crippen LogP contribution in [0.25, 0.3) is 0 Å². The van der Waals surface area contributed by atoms with Crippen molar-refractivity contribution < 1.29 is 17.5 Å². The summed E-state index contributed by atoms with van der Waals surface area (Å²) in [5.41, 5.74) is 0. The molecule has 0 aliphatic heterocycles. The smallest absolute Gasteiger partial charge is 0.104 e. The van der Waals surface area contributed by atoms with Crippen molar-refractivity contribution >= 4 is 10.1 Å². The molecule has 0 aromatic carbocycles. The second-order valence-corrected chi connectivity index (χ2v) is 14.4. The highest BCUT2D eigenvalue weighted by atomic mass is 32.2. The zero-order valence-corrected chi connectivity index (χ0v) is 29.9. The van der Waals surface area contributed by atoms with Crippen LogP contribution in [0.3, 0.4) is 0 Å². The molecule has 254 valence electrons. The van der Waals surface area contributed by atoms with Crippen LogP contribution in [-0.2, 0) is 10.1 Å². The number of unbranched alkanes of at least 4 members (excludes halogenated alkanes) is 24. The third kappa shape index (κ3) is 30.9. The summed E-state index contributed by atoms with van der Waals surface area (Å²) in [6, 6.07) is 0. The van der Waals surface area contributed by atoms with E-state index in [1.165, 1.54) is 135 Å². The van der Waals surface area contributed by atoms with Crippen molar-refractivity contribution in [2.75, 3.05) is 12.3 Å². The highest BCUT2D eigenvalue weighted by Gasteiger charge is 2.20. The van der Waals surface area contributed by atoms with Crippen LogP contribution in [0.4, 0.5) is 0 Å². The molecular formula is C38H73NO3S. The molecule has 0 N–H and O–H groups in total. The Morgan fingerprint density at radius 2 is 0.698 bits per heavy atom. The van der Waals surface area contributed by atoms with Gasteiger partial charge < -0.3 is 4.55 Å². The van der Waals surface area contributed by atoms with E-state index in [0.717, 1.165) is 38.5 Å². The van der Waals surface area contributed by atoms with E-state index in [1.807, 2.05) is 0 Å². The van der Waals surface area contributed by atoms with Crippen molar-refractivity contribution in [1.82, 2.24) is 0 Å². The van der Waals surface area contributed by atoms with Gasteiger partial charge in [-0.15, -0.1) is 0 Å². The summed E-state index contributed by atoms with van der Waals surface area (Å²) in [4.78, 5) is 0. The summed E-state index contributed by atoms with van der Waals surface area (Å²) in [6.07, 6.45) is 47.2. The molecule has 0 aromatic rings. The van der Waals surface area contributed by atoms with E-state index in [1.54, 1.807) is 0 Å². The molecule has 0 saturated heterocycles. The number of rotatable bonds is 33. The minimum Gasteiger partial charge on any atom is -0.748 e. The molecule has 0 rings (SSSR count). The Hall–Kier alpha value is -0.910. The Bertz CT molecular complexity index is 698. The molecule has 0 atom stereocenters. The molecule has 0 unspecified atom stereocenters. The average Bonchev–Trinajstić information content (AvgIpc) is 2.98. The Kier molecular flexibility index (Phi) is 30.4. The predicted molar refractivity (Wildman–Crippen MR) is 189 cm³/mol. The van der Waals surface area contributed by atoms with Gasteiger partial charge in [-0.1, -0.05) is 156 Å². The second kappa shape index (κ2) is 31.1. The van der Waals surface area contributed by atoms with Gasteiger partial charge in [-0.2, -0.15) is 0 Å². The normalized spacial score (nSPS) is 12.9. The molecule has 0 radical (unpaired) electrons. The van der Waals surface area contributed by atoms with Crippen molar-refractivity contribution in [2.45, 2.75) is 194 Å². The lowest BCUT2D eigenvalue weighted by Gasteiger charge is -2.27. The molecule has 4 nitrogen and oxygen atoms in total. The number of hydrogen-bond acceptors (Lipinski definition) is 3. The fraction of sp³-hybridized carbons (Fsp3) is 0.842. The lowest BCUT2D eigenvalue weighted by atomic mass is 10.1. The van der Waals surface area contributed by atoms with Crippen molar-refractivity contribution in [3.8, 4) is 0 Å². The SMILES string of the molecule is CCCCCCCCCC/C=C/[N+](/C=C/CCCCCCCCCC)(/C=C/CCCCCCCCCC)CCS(=O)(=O)[O-]. The molecule has 5 heteroatoms. The zero-order valence-electron chi connectivity index (χ0n) is 29.1. The van der Waals surface area contributed by atoms with Gasteiger partial charge in [0.05, 0.1) is 5.75 Å². The first-order valence-electron chi connectivity index (χ1n) is 18.7.